The molecule has 0 fully saturated rings. The third-order valence-electron chi connectivity index (χ3n) is 5.10. The Kier molecular flexibility index (Phi) is 8.72. The molecular weight excluding hydrogens is 382 g/mol. The second-order valence-electron chi connectivity index (χ2n) is 7.11. The van der Waals surface area contributed by atoms with Crippen LogP contribution in [0.5, 0.6) is 0 Å². The van der Waals surface area contributed by atoms with Crippen molar-refractivity contribution in [1.29, 1.82) is 0 Å². The maximum absolute atomic E-state index is 12.9. The maximum Gasteiger partial charge on any atom is 0.433 e. The fourth-order valence-corrected chi connectivity index (χ4v) is 3.63. The van der Waals surface area contributed by atoms with E-state index >= 15 is 0 Å². The van der Waals surface area contributed by atoms with Crippen molar-refractivity contribution >= 4 is 17.9 Å². The molecule has 2 amide bonds. The fraction of sp³-hybridized carbons (Fsp3) is 0.522. The number of unbranched alkanes of at least 4 members (excludes halogenated alkanes) is 2. The van der Waals surface area contributed by atoms with Crippen LogP contribution in [0.1, 0.15) is 58.9 Å². The zero-order valence-corrected chi connectivity index (χ0v) is 18.3. The van der Waals surface area contributed by atoms with Crippen LogP contribution in [0, 0.1) is 6.57 Å². The molecule has 1 heterocycles. The number of carbonyl (C=O) groups excluding carboxylic acids is 2. The molecule has 2 rings (SSSR count). The second-order valence-corrected chi connectivity index (χ2v) is 7.11. The van der Waals surface area contributed by atoms with Gasteiger partial charge in [-0.1, -0.05) is 44.0 Å². The van der Waals surface area contributed by atoms with Crippen molar-refractivity contribution in [3.05, 3.63) is 52.5 Å². The lowest BCUT2D eigenvalue weighted by Crippen LogP contribution is -2.49. The van der Waals surface area contributed by atoms with Gasteiger partial charge in [-0.2, -0.15) is 5.01 Å². The number of rotatable bonds is 8. The average Bonchev–Trinajstić information content (AvgIpc) is 3.01. The van der Waals surface area contributed by atoms with E-state index in [4.69, 9.17) is 16.0 Å². The van der Waals surface area contributed by atoms with Crippen molar-refractivity contribution < 1.29 is 19.1 Å². The SMILES string of the molecule is [C-]#[N+]c1ccc(CC2=C(CCCCC)[C@@H](C)N(C(=O)OCC)N2C(=O)OCC)cc1. The van der Waals surface area contributed by atoms with Crippen molar-refractivity contribution in [2.24, 2.45) is 0 Å². The largest absolute Gasteiger partial charge is 0.448 e. The quantitative estimate of drug-likeness (QED) is 0.396. The maximum atomic E-state index is 12.9. The summed E-state index contributed by atoms with van der Waals surface area (Å²) >= 11 is 0. The summed E-state index contributed by atoms with van der Waals surface area (Å²) in [5, 5.41) is 2.71. The molecule has 0 bridgehead atoms. The zero-order chi connectivity index (χ0) is 22.1. The molecule has 162 valence electrons. The monoisotopic (exact) mass is 413 g/mol. The van der Waals surface area contributed by atoms with Gasteiger partial charge >= 0.3 is 12.2 Å². The number of nitrogens with zero attached hydrogens (tertiary/aromatic N) is 3. The number of ether oxygens (including phenoxy) is 2. The van der Waals surface area contributed by atoms with Crippen LogP contribution in [-0.4, -0.2) is 41.5 Å². The number of carbonyl (C=O) groups is 2. The highest BCUT2D eigenvalue weighted by Crippen LogP contribution is 2.36. The van der Waals surface area contributed by atoms with E-state index in [0.717, 1.165) is 42.5 Å². The van der Waals surface area contributed by atoms with Crippen molar-refractivity contribution in [1.82, 2.24) is 10.0 Å². The van der Waals surface area contributed by atoms with Gasteiger partial charge in [0.2, 0.25) is 0 Å². The Labute approximate surface area is 179 Å². The molecule has 0 spiro atoms. The minimum atomic E-state index is -0.587. The first-order valence-electron chi connectivity index (χ1n) is 10.6. The third kappa shape index (κ3) is 5.32. The first kappa shape index (κ1) is 23.3. The molecule has 0 radical (unpaired) electrons. The molecule has 1 atom stereocenters. The summed E-state index contributed by atoms with van der Waals surface area (Å²) in [6, 6.07) is 6.98. The van der Waals surface area contributed by atoms with Gasteiger partial charge in [-0.3, -0.25) is 0 Å². The van der Waals surface area contributed by atoms with Crippen LogP contribution in [0.15, 0.2) is 35.5 Å². The smallest absolute Gasteiger partial charge is 0.433 e. The highest BCUT2D eigenvalue weighted by atomic mass is 16.6. The number of hydrogen-bond acceptors (Lipinski definition) is 4. The standard InChI is InChI=1S/C23H31N3O4/c1-6-9-10-11-20-17(4)25(22(27)29-7-2)26(23(28)30-8-3)21(20)16-18-12-14-19(24-5)15-13-18/h12-15,17H,6-11,16H2,1-4H3/t17-/m1/s1. The van der Waals surface area contributed by atoms with Gasteiger partial charge in [0, 0.05) is 6.42 Å². The van der Waals surface area contributed by atoms with Crippen LogP contribution in [0.25, 0.3) is 4.85 Å². The molecule has 1 aliphatic heterocycles. The third-order valence-corrected chi connectivity index (χ3v) is 5.10. The molecule has 0 aromatic heterocycles. The molecule has 0 aliphatic carbocycles. The van der Waals surface area contributed by atoms with Crippen LogP contribution in [0.3, 0.4) is 0 Å². The van der Waals surface area contributed by atoms with Gasteiger partial charge in [0.1, 0.15) is 0 Å². The molecule has 7 heteroatoms. The Morgan fingerprint density at radius 3 is 2.23 bits per heavy atom. The van der Waals surface area contributed by atoms with Gasteiger partial charge in [-0.05, 0) is 44.7 Å². The van der Waals surface area contributed by atoms with E-state index in [0.29, 0.717) is 12.1 Å². The summed E-state index contributed by atoms with van der Waals surface area (Å²) in [5.41, 5.74) is 3.31. The first-order valence-corrected chi connectivity index (χ1v) is 10.6. The van der Waals surface area contributed by atoms with Crippen molar-refractivity contribution in [3.63, 3.8) is 0 Å². The van der Waals surface area contributed by atoms with Gasteiger partial charge in [0.05, 0.1) is 31.5 Å². The Hall–Kier alpha value is -3.01. The van der Waals surface area contributed by atoms with Crippen LogP contribution < -0.4 is 0 Å². The van der Waals surface area contributed by atoms with Crippen LogP contribution in [-0.2, 0) is 15.9 Å². The molecule has 0 unspecified atom stereocenters. The average molecular weight is 414 g/mol. The summed E-state index contributed by atoms with van der Waals surface area (Å²) in [5.74, 6) is 0. The van der Waals surface area contributed by atoms with Crippen LogP contribution in [0.2, 0.25) is 0 Å². The Morgan fingerprint density at radius 2 is 1.67 bits per heavy atom. The molecule has 7 nitrogen and oxygen atoms in total. The molecule has 1 aromatic carbocycles. The predicted octanol–water partition coefficient (Wildman–Crippen LogP) is 5.85. The van der Waals surface area contributed by atoms with Crippen molar-refractivity contribution in [3.8, 4) is 0 Å². The number of hydrazine groups is 1. The minimum Gasteiger partial charge on any atom is -0.448 e. The topological polar surface area (TPSA) is 63.4 Å². The number of amides is 2. The molecule has 0 N–H and O–H groups in total. The van der Waals surface area contributed by atoms with Crippen molar-refractivity contribution in [2.45, 2.75) is 65.8 Å². The Bertz CT molecular complexity index is 811. The number of hydrogen-bond donors (Lipinski definition) is 0. The number of allylic oxidation sites excluding steroid dienone is 1. The van der Waals surface area contributed by atoms with Gasteiger partial charge in [0.25, 0.3) is 0 Å². The van der Waals surface area contributed by atoms with Crippen molar-refractivity contribution in [2.75, 3.05) is 13.2 Å². The zero-order valence-electron chi connectivity index (χ0n) is 18.3. The van der Waals surface area contributed by atoms with E-state index in [1.165, 1.54) is 10.0 Å². The van der Waals surface area contributed by atoms with Crippen LogP contribution >= 0.6 is 0 Å². The van der Waals surface area contributed by atoms with E-state index in [9.17, 15) is 9.59 Å². The molecule has 0 saturated carbocycles. The van der Waals surface area contributed by atoms with E-state index < -0.39 is 12.2 Å². The summed E-state index contributed by atoms with van der Waals surface area (Å²) in [6.45, 7) is 15.1. The Balaban J connectivity index is 2.46. The normalized spacial score (nSPS) is 15.9. The molecule has 1 aromatic rings. The lowest BCUT2D eigenvalue weighted by molar-refractivity contribution is -0.000610. The van der Waals surface area contributed by atoms with E-state index in [1.54, 1.807) is 26.0 Å². The lowest BCUT2D eigenvalue weighted by Gasteiger charge is -2.31. The van der Waals surface area contributed by atoms with Gasteiger partial charge in [0.15, 0.2) is 5.69 Å². The highest BCUT2D eigenvalue weighted by Gasteiger charge is 2.43. The second kappa shape index (κ2) is 11.2. The Morgan fingerprint density at radius 1 is 1.03 bits per heavy atom. The summed E-state index contributed by atoms with van der Waals surface area (Å²) in [7, 11) is 0. The lowest BCUT2D eigenvalue weighted by atomic mass is 9.97. The number of benzene rings is 1. The highest BCUT2D eigenvalue weighted by molar-refractivity contribution is 5.78. The van der Waals surface area contributed by atoms with Gasteiger partial charge in [-0.15, -0.1) is 0 Å². The van der Waals surface area contributed by atoms with Gasteiger partial charge in [-0.25, -0.2) is 19.4 Å². The molecule has 1 aliphatic rings. The predicted molar refractivity (Wildman–Crippen MR) is 115 cm³/mol. The molecule has 0 saturated heterocycles. The summed E-state index contributed by atoms with van der Waals surface area (Å²) in [6.07, 6.45) is 3.22. The van der Waals surface area contributed by atoms with E-state index in [1.807, 2.05) is 19.1 Å². The first-order chi connectivity index (χ1) is 14.5. The summed E-state index contributed by atoms with van der Waals surface area (Å²) in [4.78, 5) is 29.0. The fourth-order valence-electron chi connectivity index (χ4n) is 3.63. The summed E-state index contributed by atoms with van der Waals surface area (Å²) < 4.78 is 10.5. The molecule has 30 heavy (non-hydrogen) atoms. The van der Waals surface area contributed by atoms with Gasteiger partial charge < -0.3 is 9.47 Å². The van der Waals surface area contributed by atoms with Crippen LogP contribution in [0.4, 0.5) is 15.3 Å². The molecular formula is C23H31N3O4. The van der Waals surface area contributed by atoms with E-state index in [2.05, 4.69) is 11.8 Å². The minimum absolute atomic E-state index is 0.207. The van der Waals surface area contributed by atoms with E-state index in [-0.39, 0.29) is 19.3 Å².